The van der Waals surface area contributed by atoms with E-state index < -0.39 is 10.0 Å². The van der Waals surface area contributed by atoms with E-state index in [9.17, 15) is 8.42 Å². The summed E-state index contributed by atoms with van der Waals surface area (Å²) in [6.07, 6.45) is 6.07. The smallest absolute Gasteiger partial charge is 0.243 e. The fourth-order valence-electron chi connectivity index (χ4n) is 1.60. The molecule has 2 N–H and O–H groups in total. The van der Waals surface area contributed by atoms with E-state index in [2.05, 4.69) is 9.82 Å². The van der Waals surface area contributed by atoms with Crippen LogP contribution in [0, 0.1) is 5.92 Å². The minimum absolute atomic E-state index is 0.0592. The zero-order valence-electron chi connectivity index (χ0n) is 9.54. The van der Waals surface area contributed by atoms with Crippen molar-refractivity contribution in [3.05, 3.63) is 12.4 Å². The average molecular weight is 259 g/mol. The highest BCUT2D eigenvalue weighted by Gasteiger charge is 2.22. The van der Waals surface area contributed by atoms with Crippen molar-refractivity contribution in [1.29, 1.82) is 0 Å². The van der Waals surface area contributed by atoms with Gasteiger partial charge in [0.05, 0.1) is 19.3 Å². The van der Waals surface area contributed by atoms with Crippen LogP contribution >= 0.6 is 0 Å². The van der Waals surface area contributed by atoms with Crippen LogP contribution in [-0.2, 0) is 16.6 Å². The van der Waals surface area contributed by atoms with Gasteiger partial charge in [0.25, 0.3) is 0 Å². The molecular weight excluding hydrogens is 242 g/mol. The van der Waals surface area contributed by atoms with Crippen LogP contribution in [0.3, 0.4) is 0 Å². The Kier molecular flexibility index (Phi) is 3.80. The molecular formula is C10H17N3O3S. The number of aromatic nitrogens is 2. The lowest BCUT2D eigenvalue weighted by Gasteiger charge is -2.03. The predicted octanol–water partition coefficient (Wildman–Crippen LogP) is -0.0462. The van der Waals surface area contributed by atoms with Crippen molar-refractivity contribution in [3.8, 4) is 0 Å². The van der Waals surface area contributed by atoms with Crippen LogP contribution < -0.4 is 4.72 Å². The maximum absolute atomic E-state index is 11.8. The van der Waals surface area contributed by atoms with E-state index in [1.54, 1.807) is 0 Å². The monoisotopic (exact) mass is 259 g/mol. The van der Waals surface area contributed by atoms with Crippen LogP contribution in [0.1, 0.15) is 19.3 Å². The first kappa shape index (κ1) is 12.5. The number of nitrogens with one attached hydrogen (secondary N) is 1. The Morgan fingerprint density at radius 3 is 2.94 bits per heavy atom. The molecule has 1 saturated carbocycles. The van der Waals surface area contributed by atoms with Crippen molar-refractivity contribution >= 4 is 10.0 Å². The summed E-state index contributed by atoms with van der Waals surface area (Å²) in [4.78, 5) is 0.154. The molecule has 0 aromatic carbocycles. The molecule has 7 heteroatoms. The van der Waals surface area contributed by atoms with E-state index >= 15 is 0 Å². The third kappa shape index (κ3) is 3.52. The highest BCUT2D eigenvalue weighted by atomic mass is 32.2. The van der Waals surface area contributed by atoms with Gasteiger partial charge in [0.15, 0.2) is 0 Å². The van der Waals surface area contributed by atoms with Crippen LogP contribution in [0.15, 0.2) is 17.3 Å². The summed E-state index contributed by atoms with van der Waals surface area (Å²) in [5.41, 5.74) is 0. The number of hydrogen-bond donors (Lipinski definition) is 2. The van der Waals surface area contributed by atoms with Gasteiger partial charge in [-0.05, 0) is 12.3 Å². The molecule has 0 atom stereocenters. The number of hydrogen-bond acceptors (Lipinski definition) is 4. The van der Waals surface area contributed by atoms with Gasteiger partial charge >= 0.3 is 0 Å². The molecule has 1 heterocycles. The first-order valence-electron chi connectivity index (χ1n) is 5.75. The molecule has 1 aliphatic rings. The fraction of sp³-hybridized carbons (Fsp3) is 0.700. The Bertz CT molecular complexity index is 465. The molecule has 2 rings (SSSR count). The highest BCUT2D eigenvalue weighted by molar-refractivity contribution is 7.89. The second kappa shape index (κ2) is 5.16. The molecule has 96 valence electrons. The average Bonchev–Trinajstić information content (AvgIpc) is 2.96. The Labute approximate surface area is 101 Å². The summed E-state index contributed by atoms with van der Waals surface area (Å²) in [6.45, 7) is 0.728. The molecule has 1 aromatic heterocycles. The Hall–Kier alpha value is -0.920. The summed E-state index contributed by atoms with van der Waals surface area (Å²) in [7, 11) is -3.44. The molecule has 17 heavy (non-hydrogen) atoms. The van der Waals surface area contributed by atoms with Gasteiger partial charge in [0, 0.05) is 12.7 Å². The zero-order valence-corrected chi connectivity index (χ0v) is 10.4. The number of rotatable bonds is 7. The van der Waals surface area contributed by atoms with Crippen LogP contribution in [-0.4, -0.2) is 36.5 Å². The molecule has 0 spiro atoms. The summed E-state index contributed by atoms with van der Waals surface area (Å²) >= 11 is 0. The van der Waals surface area contributed by atoms with Crippen molar-refractivity contribution in [2.45, 2.75) is 30.7 Å². The van der Waals surface area contributed by atoms with E-state index in [4.69, 9.17) is 5.11 Å². The van der Waals surface area contributed by atoms with Crippen molar-refractivity contribution in [2.24, 2.45) is 5.92 Å². The summed E-state index contributed by atoms with van der Waals surface area (Å²) in [6, 6.07) is 0. The topological polar surface area (TPSA) is 84.2 Å². The lowest BCUT2D eigenvalue weighted by Crippen LogP contribution is -2.24. The molecule has 0 bridgehead atoms. The van der Waals surface area contributed by atoms with Crippen LogP contribution in [0.5, 0.6) is 0 Å². The van der Waals surface area contributed by atoms with Crippen molar-refractivity contribution < 1.29 is 13.5 Å². The molecule has 1 fully saturated rings. The Morgan fingerprint density at radius 1 is 1.53 bits per heavy atom. The van der Waals surface area contributed by atoms with Crippen molar-refractivity contribution in [3.63, 3.8) is 0 Å². The van der Waals surface area contributed by atoms with Crippen LogP contribution in [0.4, 0.5) is 0 Å². The summed E-state index contributed by atoms with van der Waals surface area (Å²) in [5.74, 6) is 0.704. The molecule has 6 nitrogen and oxygen atoms in total. The second-order valence-corrected chi connectivity index (χ2v) is 6.06. The third-order valence-electron chi connectivity index (χ3n) is 2.79. The fourth-order valence-corrected chi connectivity index (χ4v) is 2.59. The largest absolute Gasteiger partial charge is 0.394 e. The molecule has 0 radical (unpaired) electrons. The quantitative estimate of drug-likeness (QED) is 0.719. The number of sulfonamides is 1. The van der Waals surface area contributed by atoms with E-state index in [1.807, 2.05) is 0 Å². The Balaban J connectivity index is 1.92. The van der Waals surface area contributed by atoms with Gasteiger partial charge in [0.1, 0.15) is 4.90 Å². The molecule has 1 aliphatic carbocycles. The number of aliphatic hydroxyl groups is 1. The van der Waals surface area contributed by atoms with Crippen LogP contribution in [0.25, 0.3) is 0 Å². The maximum Gasteiger partial charge on any atom is 0.243 e. The SMILES string of the molecule is O=S(=O)(NCCC1CC1)c1cnn(CCO)c1. The molecule has 0 unspecified atom stereocenters. The molecule has 1 aromatic rings. The molecule has 0 saturated heterocycles. The van der Waals surface area contributed by atoms with E-state index in [1.165, 1.54) is 29.9 Å². The van der Waals surface area contributed by atoms with Gasteiger partial charge in [-0.25, -0.2) is 13.1 Å². The predicted molar refractivity (Wildman–Crippen MR) is 61.8 cm³/mol. The maximum atomic E-state index is 11.8. The van der Waals surface area contributed by atoms with E-state index in [-0.39, 0.29) is 11.5 Å². The molecule has 0 aliphatic heterocycles. The highest BCUT2D eigenvalue weighted by Crippen LogP contribution is 2.31. The minimum Gasteiger partial charge on any atom is -0.394 e. The lowest BCUT2D eigenvalue weighted by molar-refractivity contribution is 0.269. The first-order valence-corrected chi connectivity index (χ1v) is 7.23. The van der Waals surface area contributed by atoms with Crippen molar-refractivity contribution in [2.75, 3.05) is 13.2 Å². The minimum atomic E-state index is -3.44. The van der Waals surface area contributed by atoms with E-state index in [0.717, 1.165) is 6.42 Å². The van der Waals surface area contributed by atoms with Crippen molar-refractivity contribution in [1.82, 2.24) is 14.5 Å². The number of nitrogens with zero attached hydrogens (tertiary/aromatic N) is 2. The van der Waals surface area contributed by atoms with Gasteiger partial charge < -0.3 is 5.11 Å². The van der Waals surface area contributed by atoms with E-state index in [0.29, 0.717) is 19.0 Å². The Morgan fingerprint density at radius 2 is 2.29 bits per heavy atom. The zero-order chi connectivity index (χ0) is 12.3. The normalized spacial score (nSPS) is 16.3. The third-order valence-corrected chi connectivity index (χ3v) is 4.21. The van der Waals surface area contributed by atoms with Gasteiger partial charge in [-0.1, -0.05) is 12.8 Å². The first-order chi connectivity index (χ1) is 8.12. The second-order valence-electron chi connectivity index (χ2n) is 4.29. The number of aliphatic hydroxyl groups excluding tert-OH is 1. The van der Waals surface area contributed by atoms with Gasteiger partial charge in [0.2, 0.25) is 10.0 Å². The summed E-state index contributed by atoms with van der Waals surface area (Å²) < 4.78 is 27.6. The summed E-state index contributed by atoms with van der Waals surface area (Å²) in [5, 5.41) is 12.6. The van der Waals surface area contributed by atoms with Crippen LogP contribution in [0.2, 0.25) is 0 Å². The lowest BCUT2D eigenvalue weighted by atomic mass is 10.3. The van der Waals surface area contributed by atoms with Gasteiger partial charge in [-0.15, -0.1) is 0 Å². The standard InChI is InChI=1S/C10H17N3O3S/c14-6-5-13-8-10(7-11-13)17(15,16)12-4-3-9-1-2-9/h7-9,12,14H,1-6H2. The molecule has 0 amide bonds. The van der Waals surface area contributed by atoms with Gasteiger partial charge in [-0.2, -0.15) is 5.10 Å². The van der Waals surface area contributed by atoms with Gasteiger partial charge in [-0.3, -0.25) is 4.68 Å².